The van der Waals surface area contributed by atoms with E-state index in [1.165, 1.54) is 0 Å². The Morgan fingerprint density at radius 1 is 1.33 bits per heavy atom. The predicted octanol–water partition coefficient (Wildman–Crippen LogP) is 3.73. The molecule has 0 fully saturated rings. The summed E-state index contributed by atoms with van der Waals surface area (Å²) in [5.41, 5.74) is 2.53. The Balaban J connectivity index is 3.14. The maximum Gasteiger partial charge on any atom is 0.234 e. The van der Waals surface area contributed by atoms with Gasteiger partial charge in [-0.2, -0.15) is 12.6 Å². The largest absolute Gasteiger partial charge is 0.325 e. The van der Waals surface area contributed by atoms with Gasteiger partial charge in [0, 0.05) is 5.56 Å². The molecule has 0 aromatic heterocycles. The van der Waals surface area contributed by atoms with Crippen molar-refractivity contribution in [3.63, 3.8) is 0 Å². The van der Waals surface area contributed by atoms with Crippen LogP contribution < -0.4 is 5.32 Å². The first kappa shape index (κ1) is 17.0. The number of anilines is 1. The molecule has 1 amide bonds. The van der Waals surface area contributed by atoms with E-state index in [9.17, 15) is 9.59 Å². The molecule has 0 spiro atoms. The second-order valence-corrected chi connectivity index (χ2v) is 4.87. The Bertz CT molecular complexity index is 615. The third-order valence-electron chi connectivity index (χ3n) is 2.79. The molecule has 0 aliphatic carbocycles. The van der Waals surface area contributed by atoms with Gasteiger partial charge in [-0.1, -0.05) is 36.9 Å². The van der Waals surface area contributed by atoms with Crippen molar-refractivity contribution in [3.8, 4) is 0 Å². The van der Waals surface area contributed by atoms with Gasteiger partial charge in [-0.05, 0) is 37.1 Å². The summed E-state index contributed by atoms with van der Waals surface area (Å²) >= 11 is 3.93. The zero-order chi connectivity index (χ0) is 15.8. The Morgan fingerprint density at radius 2 is 2.05 bits per heavy atom. The number of benzene rings is 1. The van der Waals surface area contributed by atoms with Crippen LogP contribution in [0.1, 0.15) is 22.8 Å². The number of carbonyl (C=O) groups is 2. The molecule has 0 radical (unpaired) electrons. The highest BCUT2D eigenvalue weighted by Crippen LogP contribution is 2.21. The number of hydrogen-bond acceptors (Lipinski definition) is 3. The third kappa shape index (κ3) is 5.08. The zero-order valence-electron chi connectivity index (χ0n) is 12.2. The fourth-order valence-corrected chi connectivity index (χ4v) is 1.79. The van der Waals surface area contributed by atoms with Gasteiger partial charge in [0.05, 0.1) is 11.4 Å². The average Bonchev–Trinajstić information content (AvgIpc) is 2.46. The molecule has 4 heteroatoms. The van der Waals surface area contributed by atoms with E-state index in [1.54, 1.807) is 43.4 Å². The lowest BCUT2D eigenvalue weighted by atomic mass is 10.0. The number of nitrogens with one attached hydrogen (secondary N) is 1. The summed E-state index contributed by atoms with van der Waals surface area (Å²) in [7, 11) is 0. The molecular weight excluding hydrogens is 282 g/mol. The molecule has 0 aliphatic heterocycles. The lowest BCUT2D eigenvalue weighted by molar-refractivity contribution is -0.113. The fraction of sp³-hybridized carbons (Fsp3) is 0.176. The Morgan fingerprint density at radius 3 is 2.67 bits per heavy atom. The summed E-state index contributed by atoms with van der Waals surface area (Å²) in [4.78, 5) is 24.0. The van der Waals surface area contributed by atoms with Crippen LogP contribution in [0.25, 0.3) is 0 Å². The molecule has 1 N–H and O–H groups in total. The van der Waals surface area contributed by atoms with Crippen LogP contribution in [0.2, 0.25) is 0 Å². The summed E-state index contributed by atoms with van der Waals surface area (Å²) < 4.78 is 0. The molecule has 0 saturated carbocycles. The molecular formula is C17H19NO2S. The van der Waals surface area contributed by atoms with Gasteiger partial charge in [0.15, 0.2) is 5.78 Å². The van der Waals surface area contributed by atoms with E-state index < -0.39 is 0 Å². The van der Waals surface area contributed by atoms with Gasteiger partial charge in [0.2, 0.25) is 5.91 Å². The van der Waals surface area contributed by atoms with Gasteiger partial charge in [-0.25, -0.2) is 0 Å². The molecule has 3 nitrogen and oxygen atoms in total. The normalized spacial score (nSPS) is 11.5. The Labute approximate surface area is 130 Å². The first-order valence-corrected chi connectivity index (χ1v) is 7.15. The predicted molar refractivity (Wildman–Crippen MR) is 91.1 cm³/mol. The van der Waals surface area contributed by atoms with E-state index in [4.69, 9.17) is 0 Å². The molecule has 1 rings (SSSR count). The van der Waals surface area contributed by atoms with Crippen molar-refractivity contribution in [2.24, 2.45) is 0 Å². The lowest BCUT2D eigenvalue weighted by Gasteiger charge is -2.11. The van der Waals surface area contributed by atoms with Crippen LogP contribution in [0.5, 0.6) is 0 Å². The summed E-state index contributed by atoms with van der Waals surface area (Å²) in [5, 5.41) is 2.71. The van der Waals surface area contributed by atoms with Crippen molar-refractivity contribution >= 4 is 30.0 Å². The maximum atomic E-state index is 12.4. The number of amides is 1. The molecule has 0 atom stereocenters. The van der Waals surface area contributed by atoms with Gasteiger partial charge < -0.3 is 5.32 Å². The van der Waals surface area contributed by atoms with Crippen LogP contribution >= 0.6 is 12.6 Å². The van der Waals surface area contributed by atoms with E-state index in [2.05, 4.69) is 24.5 Å². The van der Waals surface area contributed by atoms with Gasteiger partial charge in [0.1, 0.15) is 0 Å². The van der Waals surface area contributed by atoms with Gasteiger partial charge in [0.25, 0.3) is 0 Å². The van der Waals surface area contributed by atoms with Crippen molar-refractivity contribution in [2.45, 2.75) is 13.8 Å². The van der Waals surface area contributed by atoms with E-state index in [-0.39, 0.29) is 17.4 Å². The highest BCUT2D eigenvalue weighted by atomic mass is 32.1. The summed E-state index contributed by atoms with van der Waals surface area (Å²) in [5.74, 6) is -0.303. The van der Waals surface area contributed by atoms with Crippen LogP contribution in [-0.4, -0.2) is 17.4 Å². The highest BCUT2D eigenvalue weighted by Gasteiger charge is 2.14. The van der Waals surface area contributed by atoms with Crippen molar-refractivity contribution in [3.05, 3.63) is 65.8 Å². The molecule has 0 aliphatic rings. The number of allylic oxidation sites excluding steroid dienone is 5. The van der Waals surface area contributed by atoms with E-state index in [1.807, 2.05) is 13.0 Å². The topological polar surface area (TPSA) is 46.2 Å². The smallest absolute Gasteiger partial charge is 0.234 e. The van der Waals surface area contributed by atoms with Crippen molar-refractivity contribution in [2.75, 3.05) is 11.1 Å². The van der Waals surface area contributed by atoms with Crippen molar-refractivity contribution in [1.29, 1.82) is 0 Å². The minimum absolute atomic E-state index is 0.0679. The first-order chi connectivity index (χ1) is 9.99. The fourth-order valence-electron chi connectivity index (χ4n) is 1.72. The number of hydrogen-bond donors (Lipinski definition) is 2. The SMILES string of the molecule is C=CC=CC=C(C)C(=O)c1ccc(C)cc1NC(=O)CS. The second kappa shape index (κ2) is 8.27. The Kier molecular flexibility index (Phi) is 6.69. The summed E-state index contributed by atoms with van der Waals surface area (Å²) in [6.45, 7) is 7.21. The number of aryl methyl sites for hydroxylation is 1. The van der Waals surface area contributed by atoms with Crippen LogP contribution in [0.15, 0.2) is 54.7 Å². The summed E-state index contributed by atoms with van der Waals surface area (Å²) in [6, 6.07) is 5.35. The van der Waals surface area contributed by atoms with Crippen molar-refractivity contribution in [1.82, 2.24) is 0 Å². The monoisotopic (exact) mass is 301 g/mol. The molecule has 0 bridgehead atoms. The number of carbonyl (C=O) groups excluding carboxylic acids is 2. The molecule has 21 heavy (non-hydrogen) atoms. The van der Waals surface area contributed by atoms with Gasteiger partial charge in [-0.3, -0.25) is 9.59 Å². The van der Waals surface area contributed by atoms with E-state index in [0.29, 0.717) is 16.8 Å². The number of ketones is 1. The van der Waals surface area contributed by atoms with Gasteiger partial charge in [-0.15, -0.1) is 0 Å². The number of rotatable bonds is 6. The Hall–Kier alpha value is -2.07. The molecule has 0 saturated heterocycles. The van der Waals surface area contributed by atoms with E-state index in [0.717, 1.165) is 5.56 Å². The molecule has 0 unspecified atom stereocenters. The first-order valence-electron chi connectivity index (χ1n) is 6.51. The van der Waals surface area contributed by atoms with Crippen LogP contribution in [-0.2, 0) is 4.79 Å². The highest BCUT2D eigenvalue weighted by molar-refractivity contribution is 7.81. The standard InChI is InChI=1S/C17H19NO2S/c1-4-5-6-7-13(3)17(20)14-9-8-12(2)10-15(14)18-16(19)11-21/h4-10,21H,1,11H2,2-3H3,(H,18,19). The molecule has 110 valence electrons. The zero-order valence-corrected chi connectivity index (χ0v) is 13.1. The van der Waals surface area contributed by atoms with Crippen LogP contribution in [0.3, 0.4) is 0 Å². The van der Waals surface area contributed by atoms with Crippen LogP contribution in [0.4, 0.5) is 5.69 Å². The molecule has 1 aromatic carbocycles. The number of thiol groups is 1. The van der Waals surface area contributed by atoms with Gasteiger partial charge >= 0.3 is 0 Å². The van der Waals surface area contributed by atoms with Crippen LogP contribution in [0, 0.1) is 6.92 Å². The van der Waals surface area contributed by atoms with E-state index >= 15 is 0 Å². The number of Topliss-reactive ketones (excluding diaryl/α,β-unsaturated/α-hetero) is 1. The minimum atomic E-state index is -0.244. The minimum Gasteiger partial charge on any atom is -0.325 e. The summed E-state index contributed by atoms with van der Waals surface area (Å²) in [6.07, 6.45) is 6.85. The third-order valence-corrected chi connectivity index (χ3v) is 3.08. The quantitative estimate of drug-likeness (QED) is 0.364. The second-order valence-electron chi connectivity index (χ2n) is 4.55. The molecule has 1 aromatic rings. The maximum absolute atomic E-state index is 12.4. The van der Waals surface area contributed by atoms with Crippen molar-refractivity contribution < 1.29 is 9.59 Å². The lowest BCUT2D eigenvalue weighted by Crippen LogP contribution is -2.16. The average molecular weight is 301 g/mol. The molecule has 0 heterocycles.